The maximum absolute atomic E-state index is 5.72. The van der Waals surface area contributed by atoms with Gasteiger partial charge < -0.3 is 24.8 Å². The summed E-state index contributed by atoms with van der Waals surface area (Å²) in [6.45, 7) is 9.88. The number of hydrogen-bond acceptors (Lipinski definition) is 5. The van der Waals surface area contributed by atoms with Crippen molar-refractivity contribution in [2.75, 3.05) is 66.2 Å². The largest absolute Gasteiger partial charge is 0.497 e. The average Bonchev–Trinajstić information content (AvgIpc) is 2.69. The van der Waals surface area contributed by atoms with Crippen LogP contribution in [0.2, 0.25) is 0 Å². The third-order valence-corrected chi connectivity index (χ3v) is 4.07. The van der Waals surface area contributed by atoms with Crippen LogP contribution >= 0.6 is 0 Å². The number of morpholine rings is 1. The van der Waals surface area contributed by atoms with E-state index in [1.165, 1.54) is 0 Å². The highest BCUT2D eigenvalue weighted by Gasteiger charge is 2.09. The van der Waals surface area contributed by atoms with Crippen LogP contribution in [0.4, 0.5) is 0 Å². The Morgan fingerprint density at radius 1 is 1.15 bits per heavy atom. The molecule has 0 amide bonds. The van der Waals surface area contributed by atoms with Crippen LogP contribution in [-0.2, 0) is 4.74 Å². The summed E-state index contributed by atoms with van der Waals surface area (Å²) in [5, 5.41) is 6.67. The first-order valence-electron chi connectivity index (χ1n) is 9.41. The Hall–Kier alpha value is -1.99. The van der Waals surface area contributed by atoms with E-state index >= 15 is 0 Å². The molecule has 0 saturated carbocycles. The fraction of sp³-hybridized carbons (Fsp3) is 0.632. The Balaban J connectivity index is 1.62. The molecule has 1 aromatic rings. The van der Waals surface area contributed by atoms with E-state index in [4.69, 9.17) is 14.2 Å². The van der Waals surface area contributed by atoms with Crippen molar-refractivity contribution in [3.05, 3.63) is 24.3 Å². The molecule has 1 aromatic carbocycles. The number of methoxy groups -OCH3 is 1. The van der Waals surface area contributed by atoms with E-state index in [0.717, 1.165) is 76.4 Å². The second kappa shape index (κ2) is 12.4. The summed E-state index contributed by atoms with van der Waals surface area (Å²) in [5.74, 6) is 2.55. The molecule has 146 valence electrons. The van der Waals surface area contributed by atoms with Crippen LogP contribution in [0.25, 0.3) is 0 Å². The van der Waals surface area contributed by atoms with E-state index in [9.17, 15) is 0 Å². The minimum absolute atomic E-state index is 0.642. The lowest BCUT2D eigenvalue weighted by molar-refractivity contribution is 0.0389. The molecule has 0 bridgehead atoms. The molecule has 1 aliphatic heterocycles. The number of rotatable bonds is 10. The zero-order valence-electron chi connectivity index (χ0n) is 16.0. The van der Waals surface area contributed by atoms with Crippen molar-refractivity contribution in [2.24, 2.45) is 4.99 Å². The average molecular weight is 364 g/mol. The third-order valence-electron chi connectivity index (χ3n) is 4.07. The quantitative estimate of drug-likeness (QED) is 0.371. The molecule has 1 heterocycles. The minimum atomic E-state index is 0.642. The van der Waals surface area contributed by atoms with Gasteiger partial charge in [0, 0.05) is 45.7 Å². The van der Waals surface area contributed by atoms with Crippen LogP contribution in [0.3, 0.4) is 0 Å². The summed E-state index contributed by atoms with van der Waals surface area (Å²) in [7, 11) is 1.66. The highest BCUT2D eigenvalue weighted by molar-refractivity contribution is 5.79. The van der Waals surface area contributed by atoms with Crippen LogP contribution in [0.15, 0.2) is 29.3 Å². The second-order valence-electron chi connectivity index (χ2n) is 6.02. The fourth-order valence-electron chi connectivity index (χ4n) is 2.62. The normalized spacial score (nSPS) is 15.5. The topological polar surface area (TPSA) is 67.4 Å². The van der Waals surface area contributed by atoms with Crippen molar-refractivity contribution in [3.8, 4) is 11.5 Å². The van der Waals surface area contributed by atoms with Crippen LogP contribution in [0, 0.1) is 0 Å². The van der Waals surface area contributed by atoms with Gasteiger partial charge in [0.15, 0.2) is 5.96 Å². The first-order chi connectivity index (χ1) is 12.8. The van der Waals surface area contributed by atoms with Crippen LogP contribution in [0.5, 0.6) is 11.5 Å². The fourth-order valence-corrected chi connectivity index (χ4v) is 2.62. The van der Waals surface area contributed by atoms with E-state index in [0.29, 0.717) is 6.61 Å². The van der Waals surface area contributed by atoms with Crippen molar-refractivity contribution in [3.63, 3.8) is 0 Å². The van der Waals surface area contributed by atoms with Crippen molar-refractivity contribution in [1.29, 1.82) is 0 Å². The zero-order valence-corrected chi connectivity index (χ0v) is 16.0. The zero-order chi connectivity index (χ0) is 18.5. The Bertz CT molecular complexity index is 516. The van der Waals surface area contributed by atoms with Crippen LogP contribution in [0.1, 0.15) is 13.3 Å². The highest BCUT2D eigenvalue weighted by atomic mass is 16.5. The lowest BCUT2D eigenvalue weighted by Gasteiger charge is -2.26. The molecule has 0 unspecified atom stereocenters. The molecular formula is C19H32N4O3. The number of aliphatic imine (C=N–C) groups is 1. The molecule has 1 aliphatic rings. The van der Waals surface area contributed by atoms with Gasteiger partial charge in [-0.15, -0.1) is 0 Å². The molecule has 0 radical (unpaired) electrons. The smallest absolute Gasteiger partial charge is 0.191 e. The van der Waals surface area contributed by atoms with Gasteiger partial charge in [0.25, 0.3) is 0 Å². The lowest BCUT2D eigenvalue weighted by atomic mass is 10.3. The van der Waals surface area contributed by atoms with Crippen LogP contribution < -0.4 is 20.1 Å². The molecule has 0 spiro atoms. The minimum Gasteiger partial charge on any atom is -0.497 e. The van der Waals surface area contributed by atoms with Gasteiger partial charge in [-0.2, -0.15) is 0 Å². The number of ether oxygens (including phenoxy) is 3. The Morgan fingerprint density at radius 3 is 2.58 bits per heavy atom. The number of guanidine groups is 1. The number of nitrogens with one attached hydrogen (secondary N) is 2. The van der Waals surface area contributed by atoms with Gasteiger partial charge in [-0.1, -0.05) is 0 Å². The van der Waals surface area contributed by atoms with Gasteiger partial charge in [0.2, 0.25) is 0 Å². The molecule has 26 heavy (non-hydrogen) atoms. The summed E-state index contributed by atoms with van der Waals surface area (Å²) in [4.78, 5) is 7.01. The van der Waals surface area contributed by atoms with Crippen molar-refractivity contribution in [2.45, 2.75) is 13.3 Å². The van der Waals surface area contributed by atoms with Crippen molar-refractivity contribution >= 4 is 5.96 Å². The molecule has 7 nitrogen and oxygen atoms in total. The van der Waals surface area contributed by atoms with Crippen molar-refractivity contribution in [1.82, 2.24) is 15.5 Å². The number of nitrogens with zero attached hydrogens (tertiary/aromatic N) is 2. The molecule has 2 rings (SSSR count). The van der Waals surface area contributed by atoms with E-state index in [2.05, 4.69) is 27.4 Å². The SMILES string of the molecule is CCNC(=NCCCOc1ccc(OC)cc1)NCCN1CCOCC1. The van der Waals surface area contributed by atoms with Gasteiger partial charge in [-0.25, -0.2) is 0 Å². The van der Waals surface area contributed by atoms with E-state index in [1.807, 2.05) is 24.3 Å². The summed E-state index contributed by atoms with van der Waals surface area (Å²) in [5.41, 5.74) is 0. The maximum atomic E-state index is 5.72. The molecule has 0 aromatic heterocycles. The van der Waals surface area contributed by atoms with E-state index in [-0.39, 0.29) is 0 Å². The number of hydrogen-bond donors (Lipinski definition) is 2. The molecule has 2 N–H and O–H groups in total. The number of benzene rings is 1. The predicted molar refractivity (Wildman–Crippen MR) is 104 cm³/mol. The van der Waals surface area contributed by atoms with Gasteiger partial charge in [0.1, 0.15) is 11.5 Å². The van der Waals surface area contributed by atoms with Gasteiger partial charge >= 0.3 is 0 Å². The molecule has 0 atom stereocenters. The first kappa shape index (κ1) is 20.3. The third kappa shape index (κ3) is 7.93. The van der Waals surface area contributed by atoms with E-state index < -0.39 is 0 Å². The standard InChI is InChI=1S/C19H32N4O3/c1-3-20-19(22-10-11-23-12-15-25-16-13-23)21-9-4-14-26-18-7-5-17(24-2)6-8-18/h5-8H,3-4,9-16H2,1-2H3,(H2,20,21,22). The molecular weight excluding hydrogens is 332 g/mol. The van der Waals surface area contributed by atoms with Crippen molar-refractivity contribution < 1.29 is 14.2 Å². The Kier molecular flexibility index (Phi) is 9.67. The second-order valence-corrected chi connectivity index (χ2v) is 6.02. The van der Waals surface area contributed by atoms with Gasteiger partial charge in [-0.05, 0) is 31.2 Å². The van der Waals surface area contributed by atoms with Crippen LogP contribution in [-0.4, -0.2) is 77.1 Å². The molecule has 1 fully saturated rings. The summed E-state index contributed by atoms with van der Waals surface area (Å²) in [6, 6.07) is 7.63. The highest BCUT2D eigenvalue weighted by Crippen LogP contribution is 2.16. The summed E-state index contributed by atoms with van der Waals surface area (Å²) in [6.07, 6.45) is 0.867. The van der Waals surface area contributed by atoms with Gasteiger partial charge in [0.05, 0.1) is 26.9 Å². The molecule has 7 heteroatoms. The van der Waals surface area contributed by atoms with E-state index in [1.54, 1.807) is 7.11 Å². The predicted octanol–water partition coefficient (Wildman–Crippen LogP) is 1.35. The first-order valence-corrected chi connectivity index (χ1v) is 9.41. The van der Waals surface area contributed by atoms with Gasteiger partial charge in [-0.3, -0.25) is 9.89 Å². The lowest BCUT2D eigenvalue weighted by Crippen LogP contribution is -2.44. The molecule has 1 saturated heterocycles. The Labute approximate surface area is 156 Å². The summed E-state index contributed by atoms with van der Waals surface area (Å²) < 4.78 is 16.2. The Morgan fingerprint density at radius 2 is 1.88 bits per heavy atom. The monoisotopic (exact) mass is 364 g/mol. The summed E-state index contributed by atoms with van der Waals surface area (Å²) >= 11 is 0. The molecule has 0 aliphatic carbocycles. The maximum Gasteiger partial charge on any atom is 0.191 e.